The first kappa shape index (κ1) is 15.7. The Bertz CT molecular complexity index is 689. The number of amides is 1. The van der Waals surface area contributed by atoms with Gasteiger partial charge in [-0.3, -0.25) is 4.79 Å². The number of hydrogen-bond acceptors (Lipinski definition) is 3. The van der Waals surface area contributed by atoms with Gasteiger partial charge in [-0.05, 0) is 36.4 Å². The van der Waals surface area contributed by atoms with Gasteiger partial charge in [0, 0.05) is 24.3 Å². The maximum Gasteiger partial charge on any atom is 0.255 e. The summed E-state index contributed by atoms with van der Waals surface area (Å²) in [7, 11) is 3.41. The number of nitrogen functional groups attached to an aromatic ring is 1. The smallest absolute Gasteiger partial charge is 0.255 e. The van der Waals surface area contributed by atoms with Crippen LogP contribution in [-0.2, 0) is 0 Å². The Balaban J connectivity index is 2.45. The molecule has 0 saturated heterocycles. The molecule has 0 spiro atoms. The van der Waals surface area contributed by atoms with Gasteiger partial charge in [-0.25, -0.2) is 0 Å². The zero-order chi connectivity index (χ0) is 15.6. The number of nitrogens with one attached hydrogen (secondary N) is 1. The number of anilines is 3. The molecule has 0 aromatic heterocycles. The van der Waals surface area contributed by atoms with Gasteiger partial charge < -0.3 is 16.0 Å². The number of carbonyl (C=O) groups excluding carboxylic acids is 1. The van der Waals surface area contributed by atoms with Crippen LogP contribution in [0.3, 0.4) is 0 Å². The van der Waals surface area contributed by atoms with Crippen molar-refractivity contribution >= 4 is 50.5 Å². The third kappa shape index (κ3) is 3.68. The van der Waals surface area contributed by atoms with Crippen LogP contribution in [0.25, 0.3) is 0 Å². The summed E-state index contributed by atoms with van der Waals surface area (Å²) in [5, 5.41) is 3.73. The zero-order valence-corrected chi connectivity index (χ0v) is 14.0. The highest BCUT2D eigenvalue weighted by Gasteiger charge is 2.14. The number of hydrogen-bond donors (Lipinski definition) is 2. The summed E-state index contributed by atoms with van der Waals surface area (Å²) in [6.45, 7) is 0. The molecule has 21 heavy (non-hydrogen) atoms. The number of benzene rings is 2. The third-order valence-corrected chi connectivity index (χ3v) is 3.70. The van der Waals surface area contributed by atoms with E-state index in [1.165, 1.54) is 4.90 Å². The van der Waals surface area contributed by atoms with E-state index < -0.39 is 0 Å². The van der Waals surface area contributed by atoms with Crippen LogP contribution in [0.1, 0.15) is 10.4 Å². The number of halogens is 2. The van der Waals surface area contributed by atoms with Crippen molar-refractivity contribution in [3.05, 3.63) is 51.5 Å². The standard InChI is InChI=1S/C15H15BrClN3O/c1-20(2)15(21)11-5-4-10(18)8-13(11)19-14-7-9(16)3-6-12(14)17/h3-8,19H,18H2,1-2H3. The maximum atomic E-state index is 12.2. The van der Waals surface area contributed by atoms with Gasteiger partial charge in [-0.1, -0.05) is 27.5 Å². The van der Waals surface area contributed by atoms with Crippen molar-refractivity contribution in [3.8, 4) is 0 Å². The molecule has 0 unspecified atom stereocenters. The van der Waals surface area contributed by atoms with Crippen LogP contribution in [0, 0.1) is 0 Å². The minimum atomic E-state index is -0.108. The third-order valence-electron chi connectivity index (χ3n) is 2.88. The molecule has 4 nitrogen and oxygen atoms in total. The van der Waals surface area contributed by atoms with Crippen molar-refractivity contribution in [1.29, 1.82) is 0 Å². The van der Waals surface area contributed by atoms with E-state index in [4.69, 9.17) is 17.3 Å². The minimum Gasteiger partial charge on any atom is -0.399 e. The number of rotatable bonds is 3. The molecule has 1 amide bonds. The predicted octanol–water partition coefficient (Wildman–Crippen LogP) is 4.13. The van der Waals surface area contributed by atoms with E-state index in [1.807, 2.05) is 12.1 Å². The van der Waals surface area contributed by atoms with Gasteiger partial charge >= 0.3 is 0 Å². The molecular weight excluding hydrogens is 354 g/mol. The molecule has 0 saturated carbocycles. The molecule has 0 aliphatic heterocycles. The molecule has 3 N–H and O–H groups in total. The Hall–Kier alpha value is -1.72. The van der Waals surface area contributed by atoms with Gasteiger partial charge in [0.2, 0.25) is 0 Å². The quantitative estimate of drug-likeness (QED) is 0.801. The maximum absolute atomic E-state index is 12.2. The lowest BCUT2D eigenvalue weighted by atomic mass is 10.1. The summed E-state index contributed by atoms with van der Waals surface area (Å²) >= 11 is 9.57. The topological polar surface area (TPSA) is 58.4 Å². The SMILES string of the molecule is CN(C)C(=O)c1ccc(N)cc1Nc1cc(Br)ccc1Cl. The molecule has 0 aliphatic carbocycles. The van der Waals surface area contributed by atoms with Crippen LogP contribution in [0.15, 0.2) is 40.9 Å². The Morgan fingerprint density at radius 3 is 2.57 bits per heavy atom. The second-order valence-corrected chi connectivity index (χ2v) is 6.08. The van der Waals surface area contributed by atoms with E-state index in [0.717, 1.165) is 4.47 Å². The fourth-order valence-corrected chi connectivity index (χ4v) is 2.36. The highest BCUT2D eigenvalue weighted by Crippen LogP contribution is 2.31. The first-order valence-corrected chi connectivity index (χ1v) is 7.39. The fourth-order valence-electron chi connectivity index (χ4n) is 1.83. The summed E-state index contributed by atoms with van der Waals surface area (Å²) in [6.07, 6.45) is 0. The molecular formula is C15H15BrClN3O. The lowest BCUT2D eigenvalue weighted by Gasteiger charge is -2.16. The Kier molecular flexibility index (Phi) is 4.75. The molecule has 0 heterocycles. The molecule has 0 bridgehead atoms. The van der Waals surface area contributed by atoms with Crippen molar-refractivity contribution in [3.63, 3.8) is 0 Å². The van der Waals surface area contributed by atoms with Crippen LogP contribution >= 0.6 is 27.5 Å². The number of carbonyl (C=O) groups is 1. The zero-order valence-electron chi connectivity index (χ0n) is 11.7. The van der Waals surface area contributed by atoms with Gasteiger partial charge in [-0.2, -0.15) is 0 Å². The summed E-state index contributed by atoms with van der Waals surface area (Å²) in [5.41, 5.74) is 8.24. The van der Waals surface area contributed by atoms with Crippen LogP contribution in [0.2, 0.25) is 5.02 Å². The van der Waals surface area contributed by atoms with E-state index in [2.05, 4.69) is 21.2 Å². The summed E-state index contributed by atoms with van der Waals surface area (Å²) < 4.78 is 0.888. The first-order chi connectivity index (χ1) is 9.88. The van der Waals surface area contributed by atoms with Crippen molar-refractivity contribution in [2.75, 3.05) is 25.1 Å². The van der Waals surface area contributed by atoms with E-state index in [1.54, 1.807) is 38.4 Å². The molecule has 2 aromatic rings. The lowest BCUT2D eigenvalue weighted by molar-refractivity contribution is 0.0828. The number of nitrogens with zero attached hydrogens (tertiary/aromatic N) is 1. The second-order valence-electron chi connectivity index (χ2n) is 4.75. The van der Waals surface area contributed by atoms with Gasteiger partial charge in [-0.15, -0.1) is 0 Å². The van der Waals surface area contributed by atoms with E-state index in [9.17, 15) is 4.79 Å². The average molecular weight is 369 g/mol. The monoisotopic (exact) mass is 367 g/mol. The molecule has 6 heteroatoms. The van der Waals surface area contributed by atoms with Gasteiger partial charge in [0.05, 0.1) is 22.0 Å². The molecule has 0 atom stereocenters. The predicted molar refractivity (Wildman–Crippen MR) is 91.3 cm³/mol. The van der Waals surface area contributed by atoms with Gasteiger partial charge in [0.25, 0.3) is 5.91 Å². The molecule has 2 rings (SSSR count). The largest absolute Gasteiger partial charge is 0.399 e. The minimum absolute atomic E-state index is 0.108. The van der Waals surface area contributed by atoms with Crippen molar-refractivity contribution in [1.82, 2.24) is 4.90 Å². The van der Waals surface area contributed by atoms with E-state index >= 15 is 0 Å². The van der Waals surface area contributed by atoms with Crippen molar-refractivity contribution < 1.29 is 4.79 Å². The summed E-state index contributed by atoms with van der Waals surface area (Å²) in [5.74, 6) is -0.108. The normalized spacial score (nSPS) is 10.3. The highest BCUT2D eigenvalue weighted by atomic mass is 79.9. The fraction of sp³-hybridized carbons (Fsp3) is 0.133. The Labute approximate surface area is 137 Å². The second kappa shape index (κ2) is 6.37. The van der Waals surface area contributed by atoms with Crippen LogP contribution in [0.5, 0.6) is 0 Å². The first-order valence-electron chi connectivity index (χ1n) is 6.21. The highest BCUT2D eigenvalue weighted by molar-refractivity contribution is 9.10. The van der Waals surface area contributed by atoms with Crippen molar-refractivity contribution in [2.45, 2.75) is 0 Å². The number of nitrogens with two attached hydrogens (primary N) is 1. The molecule has 0 aliphatic rings. The van der Waals surface area contributed by atoms with Crippen LogP contribution in [-0.4, -0.2) is 24.9 Å². The summed E-state index contributed by atoms with van der Waals surface area (Å²) in [6, 6.07) is 10.6. The molecule has 0 radical (unpaired) electrons. The molecule has 0 fully saturated rings. The Morgan fingerprint density at radius 1 is 1.19 bits per heavy atom. The van der Waals surface area contributed by atoms with Crippen LogP contribution < -0.4 is 11.1 Å². The van der Waals surface area contributed by atoms with Crippen molar-refractivity contribution in [2.24, 2.45) is 0 Å². The average Bonchev–Trinajstić information content (AvgIpc) is 2.42. The van der Waals surface area contributed by atoms with E-state index in [0.29, 0.717) is 27.6 Å². The summed E-state index contributed by atoms with van der Waals surface area (Å²) in [4.78, 5) is 13.7. The van der Waals surface area contributed by atoms with E-state index in [-0.39, 0.29) is 5.91 Å². The molecule has 2 aromatic carbocycles. The Morgan fingerprint density at radius 2 is 1.90 bits per heavy atom. The van der Waals surface area contributed by atoms with Crippen LogP contribution in [0.4, 0.5) is 17.1 Å². The van der Waals surface area contributed by atoms with Gasteiger partial charge in [0.1, 0.15) is 0 Å². The lowest BCUT2D eigenvalue weighted by Crippen LogP contribution is -2.22. The van der Waals surface area contributed by atoms with Gasteiger partial charge in [0.15, 0.2) is 0 Å². The molecule has 110 valence electrons.